The monoisotopic (exact) mass is 299 g/mol. The van der Waals surface area contributed by atoms with Gasteiger partial charge in [0, 0.05) is 5.02 Å². The van der Waals surface area contributed by atoms with Crippen LogP contribution in [0.4, 0.5) is 13.2 Å². The predicted molar refractivity (Wildman–Crippen MR) is 73.3 cm³/mol. The lowest BCUT2D eigenvalue weighted by Crippen LogP contribution is -2.22. The Kier molecular flexibility index (Phi) is 4.68. The van der Waals surface area contributed by atoms with Crippen LogP contribution in [-0.2, 0) is 0 Å². The SMILES string of the molecule is CCNC(c1ccc(F)c(F)c1)c1cc(F)ccc1Cl. The minimum absolute atomic E-state index is 0.363. The Hall–Kier alpha value is -1.52. The Labute approximate surface area is 120 Å². The van der Waals surface area contributed by atoms with Crippen molar-refractivity contribution in [1.82, 2.24) is 5.32 Å². The first-order chi connectivity index (χ1) is 9.52. The van der Waals surface area contributed by atoms with E-state index in [0.717, 1.165) is 12.1 Å². The molecule has 2 aromatic carbocycles. The zero-order valence-corrected chi connectivity index (χ0v) is 11.5. The minimum atomic E-state index is -0.946. The number of hydrogen-bond acceptors (Lipinski definition) is 1. The third-order valence-corrected chi connectivity index (χ3v) is 3.30. The standard InChI is InChI=1S/C15H13ClF3N/c1-2-20-15(9-3-6-13(18)14(19)7-9)11-8-10(17)4-5-12(11)16/h3-8,15,20H,2H2,1H3. The summed E-state index contributed by atoms with van der Waals surface area (Å²) < 4.78 is 39.8. The Bertz CT molecular complexity index is 616. The maximum atomic E-state index is 13.4. The molecule has 106 valence electrons. The maximum Gasteiger partial charge on any atom is 0.159 e. The molecule has 0 saturated carbocycles. The van der Waals surface area contributed by atoms with Gasteiger partial charge in [-0.05, 0) is 48.0 Å². The van der Waals surface area contributed by atoms with Crippen LogP contribution in [0.3, 0.4) is 0 Å². The van der Waals surface area contributed by atoms with Crippen molar-refractivity contribution in [3.63, 3.8) is 0 Å². The normalized spacial score (nSPS) is 12.4. The van der Waals surface area contributed by atoms with Crippen LogP contribution in [0.5, 0.6) is 0 Å². The van der Waals surface area contributed by atoms with Crippen molar-refractivity contribution in [2.24, 2.45) is 0 Å². The second kappa shape index (κ2) is 6.29. The fourth-order valence-corrected chi connectivity index (χ4v) is 2.27. The summed E-state index contributed by atoms with van der Waals surface area (Å²) >= 11 is 6.07. The van der Waals surface area contributed by atoms with Crippen molar-refractivity contribution < 1.29 is 13.2 Å². The van der Waals surface area contributed by atoms with E-state index in [2.05, 4.69) is 5.32 Å². The van der Waals surface area contributed by atoms with Crippen molar-refractivity contribution in [2.75, 3.05) is 6.54 Å². The van der Waals surface area contributed by atoms with Gasteiger partial charge in [0.05, 0.1) is 6.04 Å². The zero-order chi connectivity index (χ0) is 14.7. The van der Waals surface area contributed by atoms with Gasteiger partial charge in [0.25, 0.3) is 0 Å². The molecule has 5 heteroatoms. The van der Waals surface area contributed by atoms with Gasteiger partial charge in [-0.2, -0.15) is 0 Å². The highest BCUT2D eigenvalue weighted by molar-refractivity contribution is 6.31. The smallest absolute Gasteiger partial charge is 0.159 e. The molecule has 1 atom stereocenters. The molecule has 1 N–H and O–H groups in total. The summed E-state index contributed by atoms with van der Waals surface area (Å²) in [6.07, 6.45) is 0. The highest BCUT2D eigenvalue weighted by Crippen LogP contribution is 2.29. The predicted octanol–water partition coefficient (Wildman–Crippen LogP) is 4.46. The largest absolute Gasteiger partial charge is 0.306 e. The summed E-state index contributed by atoms with van der Waals surface area (Å²) in [6.45, 7) is 2.43. The molecule has 0 radical (unpaired) electrons. The number of nitrogens with one attached hydrogen (secondary N) is 1. The van der Waals surface area contributed by atoms with Gasteiger partial charge < -0.3 is 5.32 Å². The van der Waals surface area contributed by atoms with Gasteiger partial charge in [-0.15, -0.1) is 0 Å². The van der Waals surface area contributed by atoms with Gasteiger partial charge in [-0.25, -0.2) is 13.2 Å². The highest BCUT2D eigenvalue weighted by atomic mass is 35.5. The maximum absolute atomic E-state index is 13.4. The molecule has 0 spiro atoms. The van der Waals surface area contributed by atoms with Gasteiger partial charge in [-0.1, -0.05) is 24.6 Å². The van der Waals surface area contributed by atoms with Gasteiger partial charge in [0.2, 0.25) is 0 Å². The molecule has 0 fully saturated rings. The molecule has 0 heterocycles. The van der Waals surface area contributed by atoms with Crippen LogP contribution in [-0.4, -0.2) is 6.54 Å². The molecule has 0 aliphatic rings. The third kappa shape index (κ3) is 3.14. The minimum Gasteiger partial charge on any atom is -0.306 e. The van der Waals surface area contributed by atoms with Crippen molar-refractivity contribution >= 4 is 11.6 Å². The van der Waals surface area contributed by atoms with Gasteiger partial charge in [-0.3, -0.25) is 0 Å². The molecule has 20 heavy (non-hydrogen) atoms. The van der Waals surface area contributed by atoms with E-state index in [1.807, 2.05) is 6.92 Å². The third-order valence-electron chi connectivity index (χ3n) is 2.95. The molecule has 0 amide bonds. The first-order valence-electron chi connectivity index (χ1n) is 6.16. The van der Waals surface area contributed by atoms with E-state index in [-0.39, 0.29) is 0 Å². The lowest BCUT2D eigenvalue weighted by molar-refractivity contribution is 0.503. The Morgan fingerprint density at radius 1 is 1.05 bits per heavy atom. The molecular formula is C15H13ClF3N. The average molecular weight is 300 g/mol. The first kappa shape index (κ1) is 14.9. The van der Waals surface area contributed by atoms with Crippen LogP contribution >= 0.6 is 11.6 Å². The van der Waals surface area contributed by atoms with E-state index in [1.54, 1.807) is 0 Å². The summed E-state index contributed by atoms with van der Waals surface area (Å²) in [6, 6.07) is 7.06. The summed E-state index contributed by atoms with van der Waals surface area (Å²) in [5, 5.41) is 3.45. The molecule has 1 nitrogen and oxygen atoms in total. The molecule has 0 aromatic heterocycles. The molecule has 2 aromatic rings. The molecule has 1 unspecified atom stereocenters. The Morgan fingerprint density at radius 2 is 1.80 bits per heavy atom. The second-order valence-corrected chi connectivity index (χ2v) is 4.74. The first-order valence-corrected chi connectivity index (χ1v) is 6.54. The van der Waals surface area contributed by atoms with E-state index in [4.69, 9.17) is 11.6 Å². The fourth-order valence-electron chi connectivity index (χ4n) is 2.04. The Morgan fingerprint density at radius 3 is 2.45 bits per heavy atom. The molecule has 0 bridgehead atoms. The van der Waals surface area contributed by atoms with Crippen LogP contribution < -0.4 is 5.32 Å². The van der Waals surface area contributed by atoms with E-state index >= 15 is 0 Å². The van der Waals surface area contributed by atoms with Crippen molar-refractivity contribution in [1.29, 1.82) is 0 Å². The molecule has 0 aliphatic carbocycles. The molecule has 0 aliphatic heterocycles. The van der Waals surface area contributed by atoms with E-state index in [1.165, 1.54) is 24.3 Å². The summed E-state index contributed by atoms with van der Waals surface area (Å²) in [7, 11) is 0. The van der Waals surface area contributed by atoms with Gasteiger partial charge >= 0.3 is 0 Å². The van der Waals surface area contributed by atoms with Crippen molar-refractivity contribution in [3.05, 3.63) is 70.0 Å². The van der Waals surface area contributed by atoms with Gasteiger partial charge in [0.15, 0.2) is 11.6 Å². The van der Waals surface area contributed by atoms with Crippen LogP contribution in [0, 0.1) is 17.5 Å². The quantitative estimate of drug-likeness (QED) is 0.879. The van der Waals surface area contributed by atoms with E-state index < -0.39 is 23.5 Å². The molecular weight excluding hydrogens is 287 g/mol. The summed E-state index contributed by atoms with van der Waals surface area (Å²) in [5.74, 6) is -2.30. The summed E-state index contributed by atoms with van der Waals surface area (Å²) in [5.41, 5.74) is 0.970. The van der Waals surface area contributed by atoms with E-state index in [0.29, 0.717) is 22.7 Å². The number of halogens is 4. The van der Waals surface area contributed by atoms with Crippen molar-refractivity contribution in [3.8, 4) is 0 Å². The average Bonchev–Trinajstić information content (AvgIpc) is 2.42. The molecule has 2 rings (SSSR count). The number of rotatable bonds is 4. The second-order valence-electron chi connectivity index (χ2n) is 4.33. The van der Waals surface area contributed by atoms with Crippen LogP contribution in [0.1, 0.15) is 24.1 Å². The number of benzene rings is 2. The van der Waals surface area contributed by atoms with Crippen LogP contribution in [0.2, 0.25) is 5.02 Å². The number of hydrogen-bond donors (Lipinski definition) is 1. The zero-order valence-electron chi connectivity index (χ0n) is 10.8. The summed E-state index contributed by atoms with van der Waals surface area (Å²) in [4.78, 5) is 0. The van der Waals surface area contributed by atoms with E-state index in [9.17, 15) is 13.2 Å². The Balaban J connectivity index is 2.49. The lowest BCUT2D eigenvalue weighted by atomic mass is 9.98. The molecule has 0 saturated heterocycles. The van der Waals surface area contributed by atoms with Gasteiger partial charge in [0.1, 0.15) is 5.82 Å². The van der Waals surface area contributed by atoms with Crippen LogP contribution in [0.25, 0.3) is 0 Å². The topological polar surface area (TPSA) is 12.0 Å². The van der Waals surface area contributed by atoms with Crippen molar-refractivity contribution in [2.45, 2.75) is 13.0 Å². The fraction of sp³-hybridized carbons (Fsp3) is 0.200. The lowest BCUT2D eigenvalue weighted by Gasteiger charge is -2.20. The van der Waals surface area contributed by atoms with Crippen LogP contribution in [0.15, 0.2) is 36.4 Å². The highest BCUT2D eigenvalue weighted by Gasteiger charge is 2.18.